The molecule has 0 aliphatic heterocycles. The molecule has 2 aromatic rings. The van der Waals surface area contributed by atoms with Crippen LogP contribution in [-0.4, -0.2) is 4.99 Å². The van der Waals surface area contributed by atoms with Crippen molar-refractivity contribution in [3.8, 4) is 5.75 Å². The topological polar surface area (TPSA) is 35.2 Å². The molecule has 0 aromatic heterocycles. The number of nitrogens with two attached hydrogens (primary N) is 1. The van der Waals surface area contributed by atoms with Gasteiger partial charge >= 0.3 is 0 Å². The Morgan fingerprint density at radius 3 is 2.81 bits per heavy atom. The summed E-state index contributed by atoms with van der Waals surface area (Å²) in [6.45, 7) is 2.01. The van der Waals surface area contributed by atoms with Gasteiger partial charge in [0.15, 0.2) is 0 Å². The van der Waals surface area contributed by atoms with Crippen molar-refractivity contribution in [2.24, 2.45) is 5.73 Å². The van der Waals surface area contributed by atoms with Crippen LogP contribution in [0.1, 0.15) is 41.2 Å². The van der Waals surface area contributed by atoms with Gasteiger partial charge in [-0.25, -0.2) is 0 Å². The number of fused-ring (bicyclic) bond motifs is 1. The maximum absolute atomic E-state index is 6.21. The third kappa shape index (κ3) is 2.93. The van der Waals surface area contributed by atoms with Crippen molar-refractivity contribution in [3.63, 3.8) is 0 Å². The van der Waals surface area contributed by atoms with Gasteiger partial charge in [-0.05, 0) is 61.1 Å². The molecule has 0 amide bonds. The standard InChI is InChI=1S/C18H19NOS/c1-12-11-14(9-10-15(12)18(19)21)20-17-8-4-6-13-5-2-3-7-16(13)17/h2-3,5,7,9-11,17H,4,6,8H2,1H3,(H2,19,21). The van der Waals surface area contributed by atoms with E-state index in [4.69, 9.17) is 22.7 Å². The number of hydrogen-bond acceptors (Lipinski definition) is 2. The molecule has 2 aromatic carbocycles. The number of aryl methyl sites for hydroxylation is 2. The second kappa shape index (κ2) is 5.86. The van der Waals surface area contributed by atoms with Crippen molar-refractivity contribution in [2.75, 3.05) is 0 Å². The monoisotopic (exact) mass is 297 g/mol. The van der Waals surface area contributed by atoms with Crippen LogP contribution in [0.3, 0.4) is 0 Å². The number of thiocarbonyl (C=S) groups is 1. The fourth-order valence-electron chi connectivity index (χ4n) is 2.98. The van der Waals surface area contributed by atoms with Gasteiger partial charge in [0.25, 0.3) is 0 Å². The molecule has 0 bridgehead atoms. The summed E-state index contributed by atoms with van der Waals surface area (Å²) in [4.78, 5) is 0.432. The van der Waals surface area contributed by atoms with Gasteiger partial charge in [0.1, 0.15) is 16.8 Å². The molecule has 3 heteroatoms. The molecule has 2 nitrogen and oxygen atoms in total. The molecule has 1 aliphatic carbocycles. The van der Waals surface area contributed by atoms with E-state index >= 15 is 0 Å². The average molecular weight is 297 g/mol. The lowest BCUT2D eigenvalue weighted by Gasteiger charge is -2.26. The summed E-state index contributed by atoms with van der Waals surface area (Å²) in [5, 5.41) is 0. The van der Waals surface area contributed by atoms with Gasteiger partial charge in [-0.2, -0.15) is 0 Å². The molecule has 1 atom stereocenters. The van der Waals surface area contributed by atoms with Crippen LogP contribution in [0, 0.1) is 6.92 Å². The molecular weight excluding hydrogens is 278 g/mol. The van der Waals surface area contributed by atoms with Crippen LogP contribution in [0.15, 0.2) is 42.5 Å². The first-order valence-corrected chi connectivity index (χ1v) is 7.71. The summed E-state index contributed by atoms with van der Waals surface area (Å²) >= 11 is 5.04. The maximum Gasteiger partial charge on any atom is 0.124 e. The highest BCUT2D eigenvalue weighted by Crippen LogP contribution is 2.33. The number of rotatable bonds is 3. The highest BCUT2D eigenvalue weighted by molar-refractivity contribution is 7.80. The molecule has 0 saturated carbocycles. The van der Waals surface area contributed by atoms with E-state index in [1.54, 1.807) is 0 Å². The fourth-order valence-corrected chi connectivity index (χ4v) is 3.21. The fraction of sp³-hybridized carbons (Fsp3) is 0.278. The molecule has 0 fully saturated rings. The molecule has 0 saturated heterocycles. The quantitative estimate of drug-likeness (QED) is 0.867. The smallest absolute Gasteiger partial charge is 0.124 e. The van der Waals surface area contributed by atoms with Crippen molar-refractivity contribution in [2.45, 2.75) is 32.3 Å². The van der Waals surface area contributed by atoms with E-state index in [2.05, 4.69) is 24.3 Å². The molecular formula is C18H19NOS. The Morgan fingerprint density at radius 1 is 1.24 bits per heavy atom. The number of ether oxygens (including phenoxy) is 1. The average Bonchev–Trinajstić information content (AvgIpc) is 2.47. The second-order valence-electron chi connectivity index (χ2n) is 5.54. The van der Waals surface area contributed by atoms with Crippen LogP contribution in [0.2, 0.25) is 0 Å². The summed E-state index contributed by atoms with van der Waals surface area (Å²) in [6, 6.07) is 14.5. The minimum Gasteiger partial charge on any atom is -0.486 e. The zero-order chi connectivity index (χ0) is 14.8. The highest BCUT2D eigenvalue weighted by atomic mass is 32.1. The van der Waals surface area contributed by atoms with Crippen LogP contribution in [0.25, 0.3) is 0 Å². The van der Waals surface area contributed by atoms with Crippen LogP contribution in [0.5, 0.6) is 5.75 Å². The summed E-state index contributed by atoms with van der Waals surface area (Å²) in [5.41, 5.74) is 10.4. The minimum atomic E-state index is 0.144. The van der Waals surface area contributed by atoms with Gasteiger partial charge in [-0.15, -0.1) is 0 Å². The largest absolute Gasteiger partial charge is 0.486 e. The Kier molecular flexibility index (Phi) is 3.93. The van der Waals surface area contributed by atoms with Crippen molar-refractivity contribution in [1.29, 1.82) is 0 Å². The lowest BCUT2D eigenvalue weighted by molar-refractivity contribution is 0.183. The van der Waals surface area contributed by atoms with Gasteiger partial charge in [0.2, 0.25) is 0 Å². The summed E-state index contributed by atoms with van der Waals surface area (Å²) < 4.78 is 6.21. The normalized spacial score (nSPS) is 17.1. The van der Waals surface area contributed by atoms with Crippen molar-refractivity contribution in [1.82, 2.24) is 0 Å². The lowest BCUT2D eigenvalue weighted by Crippen LogP contribution is -2.15. The Bertz CT molecular complexity index is 681. The zero-order valence-corrected chi connectivity index (χ0v) is 13.0. The van der Waals surface area contributed by atoms with E-state index in [9.17, 15) is 0 Å². The minimum absolute atomic E-state index is 0.144. The molecule has 2 N–H and O–H groups in total. The van der Waals surface area contributed by atoms with E-state index < -0.39 is 0 Å². The summed E-state index contributed by atoms with van der Waals surface area (Å²) in [7, 11) is 0. The van der Waals surface area contributed by atoms with Gasteiger partial charge in [-0.3, -0.25) is 0 Å². The Hall–Kier alpha value is -1.87. The SMILES string of the molecule is Cc1cc(OC2CCCc3ccccc32)ccc1C(N)=S. The lowest BCUT2D eigenvalue weighted by atomic mass is 9.89. The number of hydrogen-bond donors (Lipinski definition) is 1. The van der Waals surface area contributed by atoms with Gasteiger partial charge in [0.05, 0.1) is 0 Å². The predicted molar refractivity (Wildman–Crippen MR) is 89.8 cm³/mol. The van der Waals surface area contributed by atoms with Gasteiger partial charge in [0, 0.05) is 5.56 Å². The van der Waals surface area contributed by atoms with E-state index in [1.165, 1.54) is 17.5 Å². The van der Waals surface area contributed by atoms with Gasteiger partial charge in [-0.1, -0.05) is 36.5 Å². The van der Waals surface area contributed by atoms with E-state index in [0.29, 0.717) is 4.99 Å². The molecule has 21 heavy (non-hydrogen) atoms. The van der Waals surface area contributed by atoms with E-state index in [-0.39, 0.29) is 6.10 Å². The summed E-state index contributed by atoms with van der Waals surface area (Å²) in [5.74, 6) is 0.884. The van der Waals surface area contributed by atoms with E-state index in [1.807, 2.05) is 25.1 Å². The second-order valence-corrected chi connectivity index (χ2v) is 5.98. The molecule has 0 radical (unpaired) electrons. The van der Waals surface area contributed by atoms with Crippen molar-refractivity contribution < 1.29 is 4.74 Å². The Labute approximate surface area is 130 Å². The van der Waals surface area contributed by atoms with E-state index in [0.717, 1.165) is 29.7 Å². The molecule has 0 spiro atoms. The highest BCUT2D eigenvalue weighted by Gasteiger charge is 2.21. The van der Waals surface area contributed by atoms with Gasteiger partial charge < -0.3 is 10.5 Å². The molecule has 0 heterocycles. The third-order valence-corrected chi connectivity index (χ3v) is 4.28. The van der Waals surface area contributed by atoms with Crippen LogP contribution >= 0.6 is 12.2 Å². The number of benzene rings is 2. The zero-order valence-electron chi connectivity index (χ0n) is 12.1. The first-order chi connectivity index (χ1) is 10.1. The molecule has 1 unspecified atom stereocenters. The van der Waals surface area contributed by atoms with Crippen LogP contribution < -0.4 is 10.5 Å². The summed E-state index contributed by atoms with van der Waals surface area (Å²) in [6.07, 6.45) is 3.53. The first-order valence-electron chi connectivity index (χ1n) is 7.30. The molecule has 1 aliphatic rings. The van der Waals surface area contributed by atoms with Crippen LogP contribution in [0.4, 0.5) is 0 Å². The first kappa shape index (κ1) is 14.1. The van der Waals surface area contributed by atoms with Crippen LogP contribution in [-0.2, 0) is 6.42 Å². The molecule has 108 valence electrons. The van der Waals surface area contributed by atoms with Crippen molar-refractivity contribution in [3.05, 3.63) is 64.7 Å². The predicted octanol–water partition coefficient (Wildman–Crippen LogP) is 4.09. The third-order valence-electron chi connectivity index (χ3n) is 4.06. The maximum atomic E-state index is 6.21. The Morgan fingerprint density at radius 2 is 2.05 bits per heavy atom. The van der Waals surface area contributed by atoms with Crippen molar-refractivity contribution >= 4 is 17.2 Å². The Balaban J connectivity index is 1.85. The molecule has 3 rings (SSSR count).